The first kappa shape index (κ1) is 41.5. The number of benzene rings is 2. The minimum atomic E-state index is -3.81. The number of nitrogens with one attached hydrogen (secondary N) is 1. The van der Waals surface area contributed by atoms with Crippen LogP contribution in [0.25, 0.3) is 22.1 Å². The molecule has 0 spiro atoms. The van der Waals surface area contributed by atoms with Crippen LogP contribution in [0, 0.1) is 11.8 Å². The van der Waals surface area contributed by atoms with Gasteiger partial charge in [-0.2, -0.15) is 0 Å². The normalized spacial score (nSPS) is 16.3. The van der Waals surface area contributed by atoms with Gasteiger partial charge in [0.15, 0.2) is 0 Å². The van der Waals surface area contributed by atoms with E-state index in [1.165, 1.54) is 92.1 Å². The molecule has 0 saturated heterocycles. The molecular formula is C43H59BrClN7O2S. The van der Waals surface area contributed by atoms with Gasteiger partial charge in [0.05, 0.1) is 32.2 Å². The Morgan fingerprint density at radius 3 is 1.75 bits per heavy atom. The van der Waals surface area contributed by atoms with Crippen molar-refractivity contribution in [1.29, 1.82) is 0 Å². The number of anilines is 2. The molecule has 3 aromatic heterocycles. The molecule has 0 unspecified atom stereocenters. The van der Waals surface area contributed by atoms with E-state index in [2.05, 4.69) is 95.1 Å². The van der Waals surface area contributed by atoms with Gasteiger partial charge >= 0.3 is 0 Å². The first-order chi connectivity index (χ1) is 26.0. The molecule has 1 N–H and O–H groups in total. The highest BCUT2D eigenvalue weighted by molar-refractivity contribution is 9.10. The summed E-state index contributed by atoms with van der Waals surface area (Å²) in [5.74, 6) is 3.74. The molecule has 0 bridgehead atoms. The quantitative estimate of drug-likeness (QED) is 0.156. The molecule has 7 rings (SSSR count). The van der Waals surface area contributed by atoms with Gasteiger partial charge in [0.25, 0.3) is 10.0 Å². The molecule has 298 valence electrons. The Hall–Kier alpha value is -3.15. The fourth-order valence-electron chi connectivity index (χ4n) is 8.21. The summed E-state index contributed by atoms with van der Waals surface area (Å²) < 4.78 is 33.0. The van der Waals surface area contributed by atoms with Crippen molar-refractivity contribution in [3.05, 3.63) is 69.9 Å². The minimum absolute atomic E-state index is 0.0691. The van der Waals surface area contributed by atoms with Crippen molar-refractivity contribution in [1.82, 2.24) is 24.1 Å². The highest BCUT2D eigenvalue weighted by atomic mass is 79.9. The Morgan fingerprint density at radius 2 is 1.27 bits per heavy atom. The van der Waals surface area contributed by atoms with Gasteiger partial charge in [-0.05, 0) is 95.9 Å². The highest BCUT2D eigenvalue weighted by Gasteiger charge is 2.28. The van der Waals surface area contributed by atoms with Crippen LogP contribution in [-0.4, -0.2) is 46.6 Å². The van der Waals surface area contributed by atoms with Crippen molar-refractivity contribution in [2.45, 2.75) is 135 Å². The van der Waals surface area contributed by atoms with Gasteiger partial charge in [-0.15, -0.1) is 0 Å². The first-order valence-corrected chi connectivity index (χ1v) is 22.6. The molecule has 0 aliphatic heterocycles. The van der Waals surface area contributed by atoms with Crippen LogP contribution in [0.2, 0.25) is 5.15 Å². The lowest BCUT2D eigenvalue weighted by atomic mass is 9.88. The van der Waals surface area contributed by atoms with Crippen LogP contribution < -0.4 is 9.62 Å². The van der Waals surface area contributed by atoms with E-state index < -0.39 is 10.0 Å². The van der Waals surface area contributed by atoms with Crippen LogP contribution in [0.15, 0.2) is 58.0 Å². The molecule has 55 heavy (non-hydrogen) atoms. The fourth-order valence-corrected chi connectivity index (χ4v) is 9.98. The molecule has 3 heterocycles. The molecule has 2 aliphatic rings. The van der Waals surface area contributed by atoms with Crippen LogP contribution in [-0.2, 0) is 33.9 Å². The number of aromatic nitrogens is 5. The van der Waals surface area contributed by atoms with E-state index in [1.807, 2.05) is 25.2 Å². The van der Waals surface area contributed by atoms with E-state index in [4.69, 9.17) is 21.6 Å². The highest BCUT2D eigenvalue weighted by Crippen LogP contribution is 2.35. The predicted molar refractivity (Wildman–Crippen MR) is 232 cm³/mol. The minimum Gasteiger partial charge on any atom is -0.388 e. The van der Waals surface area contributed by atoms with Crippen LogP contribution in [0.3, 0.4) is 0 Å². The van der Waals surface area contributed by atoms with Crippen molar-refractivity contribution < 1.29 is 8.42 Å². The van der Waals surface area contributed by atoms with E-state index in [-0.39, 0.29) is 20.9 Å². The van der Waals surface area contributed by atoms with Crippen molar-refractivity contribution in [3.63, 3.8) is 0 Å². The maximum absolute atomic E-state index is 13.2. The average Bonchev–Trinajstić information content (AvgIpc) is 3.71. The monoisotopic (exact) mass is 851 g/mol. The van der Waals surface area contributed by atoms with Gasteiger partial charge < -0.3 is 14.5 Å². The third-order valence-corrected chi connectivity index (χ3v) is 14.1. The lowest BCUT2D eigenvalue weighted by Gasteiger charge is -2.26. The molecule has 5 aromatic rings. The zero-order valence-electron chi connectivity index (χ0n) is 33.9. The number of nitrogens with zero attached hydrogens (tertiary/aromatic N) is 6. The molecule has 9 nitrogen and oxygen atoms in total. The predicted octanol–water partition coefficient (Wildman–Crippen LogP) is 11.5. The molecule has 0 atom stereocenters. The summed E-state index contributed by atoms with van der Waals surface area (Å²) in [5, 5.41) is 3.44. The third-order valence-electron chi connectivity index (χ3n) is 11.2. The van der Waals surface area contributed by atoms with Gasteiger partial charge in [0.2, 0.25) is 0 Å². The number of sulfonamides is 1. The number of pyridine rings is 1. The van der Waals surface area contributed by atoms with E-state index in [0.29, 0.717) is 16.1 Å². The Kier molecular flexibility index (Phi) is 12.6. The summed E-state index contributed by atoms with van der Waals surface area (Å²) in [6, 6.07) is 13.7. The summed E-state index contributed by atoms with van der Waals surface area (Å²) in [6.07, 6.45) is 14.7. The second-order valence-corrected chi connectivity index (χ2v) is 20.8. The maximum atomic E-state index is 13.2. The molecule has 2 saturated carbocycles. The van der Waals surface area contributed by atoms with E-state index >= 15 is 0 Å². The third kappa shape index (κ3) is 9.36. The van der Waals surface area contributed by atoms with Crippen LogP contribution >= 0.6 is 27.5 Å². The lowest BCUT2D eigenvalue weighted by Crippen LogP contribution is -2.26. The molecule has 2 aliphatic carbocycles. The van der Waals surface area contributed by atoms with Crippen LogP contribution in [0.5, 0.6) is 0 Å². The number of hydrogen-bond donors (Lipinski definition) is 1. The Morgan fingerprint density at radius 1 is 0.782 bits per heavy atom. The summed E-state index contributed by atoms with van der Waals surface area (Å²) in [4.78, 5) is 14.0. The Bertz CT molecular complexity index is 2220. The van der Waals surface area contributed by atoms with Crippen molar-refractivity contribution in [2.75, 3.05) is 23.7 Å². The van der Waals surface area contributed by atoms with Gasteiger partial charge in [0.1, 0.15) is 21.7 Å². The summed E-state index contributed by atoms with van der Waals surface area (Å²) >= 11 is 9.20. The largest absolute Gasteiger partial charge is 0.388 e. The Labute approximate surface area is 341 Å². The Balaban J connectivity index is 0.000000203. The molecule has 0 radical (unpaired) electrons. The fraction of sp³-hybridized carbons (Fsp3) is 0.558. The lowest BCUT2D eigenvalue weighted by molar-refractivity contribution is 0.313. The first-order valence-electron chi connectivity index (χ1n) is 20.0. The smallest absolute Gasteiger partial charge is 0.265 e. The van der Waals surface area contributed by atoms with Crippen molar-refractivity contribution in [3.8, 4) is 0 Å². The second-order valence-electron chi connectivity index (χ2n) is 17.6. The molecule has 12 heteroatoms. The topological polar surface area (TPSA) is 97.9 Å². The molecule has 2 fully saturated rings. The van der Waals surface area contributed by atoms with E-state index in [0.717, 1.165) is 47.1 Å². The van der Waals surface area contributed by atoms with Crippen LogP contribution in [0.4, 0.5) is 11.4 Å². The second kappa shape index (κ2) is 16.8. The maximum Gasteiger partial charge on any atom is 0.265 e. The molecule has 0 amide bonds. The summed E-state index contributed by atoms with van der Waals surface area (Å²) in [7, 11) is -0.299. The SMILES string of the molecule is CN(c1ccc2c(c1)nc(C(C)(C)C)n2CC1CCCCC1)S(=O)(=O)c1cnc(Cl)c(Br)c1.CNc1ccc2c(c1)nc(C(C)(C)C)n2CC1CCCCC1. The van der Waals surface area contributed by atoms with E-state index in [9.17, 15) is 8.42 Å². The van der Waals surface area contributed by atoms with Gasteiger partial charge in [-0.3, -0.25) is 4.31 Å². The van der Waals surface area contributed by atoms with E-state index in [1.54, 1.807) is 7.05 Å². The summed E-state index contributed by atoms with van der Waals surface area (Å²) in [5.41, 5.74) is 5.91. The number of hydrogen-bond acceptors (Lipinski definition) is 6. The van der Waals surface area contributed by atoms with Crippen molar-refractivity contribution in [2.24, 2.45) is 11.8 Å². The van der Waals surface area contributed by atoms with Gasteiger partial charge in [0, 0.05) is 49.9 Å². The standard InChI is InChI=1S/C24H30BrClN4O2S.C19H29N3/c1-24(2,3)23-28-20-12-17(10-11-21(20)30(23)15-16-8-6-5-7-9-16)29(4)33(31,32)18-13-19(25)22(26)27-14-18;1-19(2,3)18-21-16-12-15(20-4)10-11-17(16)22(18)13-14-8-6-5-7-9-14/h10-14,16H,5-9,15H2,1-4H3;10-12,14,20H,5-9,13H2,1-4H3. The number of rotatable bonds is 8. The van der Waals surface area contributed by atoms with Crippen LogP contribution in [0.1, 0.15) is 117 Å². The zero-order valence-corrected chi connectivity index (χ0v) is 37.1. The number of fused-ring (bicyclic) bond motifs is 2. The summed E-state index contributed by atoms with van der Waals surface area (Å²) in [6.45, 7) is 15.4. The number of halogens is 2. The molecule has 2 aromatic carbocycles. The van der Waals surface area contributed by atoms with Crippen molar-refractivity contribution >= 4 is 71.0 Å². The zero-order chi connectivity index (χ0) is 39.7. The number of imidazole rings is 2. The van der Waals surface area contributed by atoms with Gasteiger partial charge in [-0.25, -0.2) is 23.4 Å². The average molecular weight is 853 g/mol. The van der Waals surface area contributed by atoms with Gasteiger partial charge in [-0.1, -0.05) is 91.7 Å². The molecular weight excluding hydrogens is 794 g/mol.